The van der Waals surface area contributed by atoms with Crippen LogP contribution in [-0.4, -0.2) is 44.3 Å². The van der Waals surface area contributed by atoms with Crippen molar-refractivity contribution in [1.29, 1.82) is 0 Å². The Morgan fingerprint density at radius 1 is 1.00 bits per heavy atom. The van der Waals surface area contributed by atoms with Crippen LogP contribution in [0.4, 0.5) is 4.39 Å². The third kappa shape index (κ3) is 5.60. The van der Waals surface area contributed by atoms with E-state index >= 15 is 0 Å². The van der Waals surface area contributed by atoms with E-state index in [1.807, 2.05) is 42.5 Å². The van der Waals surface area contributed by atoms with Crippen molar-refractivity contribution in [3.63, 3.8) is 0 Å². The molecular formula is C25H27FN2O5S. The zero-order valence-corrected chi connectivity index (χ0v) is 20.1. The maximum absolute atomic E-state index is 14.2. The summed E-state index contributed by atoms with van der Waals surface area (Å²) in [7, 11) is -3.89. The number of nitrogens with zero attached hydrogens (tertiary/aromatic N) is 1. The van der Waals surface area contributed by atoms with Crippen LogP contribution in [0.1, 0.15) is 42.7 Å². The highest BCUT2D eigenvalue weighted by Gasteiger charge is 2.25. The van der Waals surface area contributed by atoms with E-state index < -0.39 is 39.9 Å². The zero-order valence-electron chi connectivity index (χ0n) is 19.2. The molecule has 3 aromatic carbocycles. The van der Waals surface area contributed by atoms with Crippen molar-refractivity contribution < 1.29 is 27.1 Å². The fraction of sp³-hybridized carbons (Fsp3) is 0.280. The molecule has 9 heteroatoms. The number of halogens is 1. The summed E-state index contributed by atoms with van der Waals surface area (Å²) in [6.45, 7) is 4.97. The first kappa shape index (κ1) is 25.3. The fourth-order valence-electron chi connectivity index (χ4n) is 3.59. The average molecular weight is 487 g/mol. The molecule has 0 aromatic heterocycles. The molecular weight excluding hydrogens is 459 g/mol. The average Bonchev–Trinajstić information content (AvgIpc) is 2.82. The van der Waals surface area contributed by atoms with Crippen molar-refractivity contribution in [1.82, 2.24) is 9.62 Å². The van der Waals surface area contributed by atoms with E-state index in [2.05, 4.69) is 5.32 Å². The molecule has 0 spiro atoms. The predicted molar refractivity (Wildman–Crippen MR) is 127 cm³/mol. The second-order valence-electron chi connectivity index (χ2n) is 7.70. The molecule has 1 N–H and O–H groups in total. The summed E-state index contributed by atoms with van der Waals surface area (Å²) in [4.78, 5) is 24.5. The minimum atomic E-state index is -3.89. The van der Waals surface area contributed by atoms with E-state index in [0.717, 1.165) is 34.5 Å². The second kappa shape index (κ2) is 10.8. The van der Waals surface area contributed by atoms with Crippen molar-refractivity contribution in [3.8, 4) is 0 Å². The van der Waals surface area contributed by atoms with Gasteiger partial charge in [0.1, 0.15) is 5.82 Å². The van der Waals surface area contributed by atoms with Gasteiger partial charge in [-0.05, 0) is 47.5 Å². The Hall–Kier alpha value is -3.30. The van der Waals surface area contributed by atoms with Crippen molar-refractivity contribution in [2.75, 3.05) is 19.7 Å². The van der Waals surface area contributed by atoms with E-state index in [9.17, 15) is 22.4 Å². The third-order valence-corrected chi connectivity index (χ3v) is 7.53. The molecule has 0 aliphatic rings. The Kier molecular flexibility index (Phi) is 8.01. The highest BCUT2D eigenvalue weighted by Crippen LogP contribution is 2.21. The molecule has 3 rings (SSSR count). The summed E-state index contributed by atoms with van der Waals surface area (Å²) >= 11 is 0. The topological polar surface area (TPSA) is 92.8 Å². The number of carbonyl (C=O) groups excluding carboxylic acids is 2. The Bertz CT molecular complexity index is 1310. The van der Waals surface area contributed by atoms with Crippen LogP contribution in [0.3, 0.4) is 0 Å². The molecule has 180 valence electrons. The number of nitrogens with one attached hydrogen (secondary N) is 1. The maximum atomic E-state index is 14.2. The lowest BCUT2D eigenvalue weighted by Gasteiger charge is -2.19. The number of amides is 1. The number of hydrogen-bond donors (Lipinski definition) is 1. The lowest BCUT2D eigenvalue weighted by Crippen LogP contribution is -2.31. The van der Waals surface area contributed by atoms with Gasteiger partial charge in [-0.15, -0.1) is 0 Å². The van der Waals surface area contributed by atoms with Crippen LogP contribution in [0, 0.1) is 5.82 Å². The number of esters is 1. The van der Waals surface area contributed by atoms with Gasteiger partial charge in [0, 0.05) is 13.1 Å². The van der Waals surface area contributed by atoms with Crippen molar-refractivity contribution >= 4 is 32.7 Å². The Morgan fingerprint density at radius 2 is 1.68 bits per heavy atom. The van der Waals surface area contributed by atoms with Gasteiger partial charge in [-0.2, -0.15) is 4.31 Å². The highest BCUT2D eigenvalue weighted by molar-refractivity contribution is 7.89. The van der Waals surface area contributed by atoms with E-state index in [1.54, 1.807) is 20.8 Å². The number of carbonyl (C=O) groups is 2. The van der Waals surface area contributed by atoms with Crippen LogP contribution in [0.5, 0.6) is 0 Å². The number of hydrogen-bond acceptors (Lipinski definition) is 5. The summed E-state index contributed by atoms with van der Waals surface area (Å²) in [5.74, 6) is -2.63. The number of ether oxygens (including phenoxy) is 1. The molecule has 0 aliphatic carbocycles. The van der Waals surface area contributed by atoms with Gasteiger partial charge in [-0.3, -0.25) is 4.79 Å². The largest absolute Gasteiger partial charge is 0.452 e. The first-order chi connectivity index (χ1) is 16.2. The van der Waals surface area contributed by atoms with Crippen LogP contribution < -0.4 is 5.32 Å². The van der Waals surface area contributed by atoms with Crippen LogP contribution >= 0.6 is 0 Å². The molecule has 0 heterocycles. The lowest BCUT2D eigenvalue weighted by molar-refractivity contribution is -0.124. The molecule has 1 unspecified atom stereocenters. The zero-order chi connectivity index (χ0) is 24.9. The van der Waals surface area contributed by atoms with E-state index in [1.165, 1.54) is 4.31 Å². The van der Waals surface area contributed by atoms with Gasteiger partial charge in [0.05, 0.1) is 16.5 Å². The van der Waals surface area contributed by atoms with Crippen molar-refractivity contribution in [2.45, 2.75) is 31.7 Å². The second-order valence-corrected chi connectivity index (χ2v) is 9.64. The van der Waals surface area contributed by atoms with E-state index in [4.69, 9.17) is 4.74 Å². The molecule has 0 fully saturated rings. The molecule has 0 aliphatic heterocycles. The monoisotopic (exact) mass is 486 g/mol. The minimum absolute atomic E-state index is 0.223. The molecule has 1 amide bonds. The number of rotatable bonds is 9. The Labute approximate surface area is 198 Å². The molecule has 0 saturated carbocycles. The summed E-state index contributed by atoms with van der Waals surface area (Å²) in [6.07, 6.45) is 0. The lowest BCUT2D eigenvalue weighted by atomic mass is 10.0. The Morgan fingerprint density at radius 3 is 2.35 bits per heavy atom. The summed E-state index contributed by atoms with van der Waals surface area (Å²) < 4.78 is 45.7. The first-order valence-electron chi connectivity index (χ1n) is 10.9. The molecule has 1 atom stereocenters. The standard InChI is InChI=1S/C25H27FN2O5S/c1-4-28(5-2)34(31,32)21-12-13-23(26)22(15-21)25(30)33-16-24(29)27-17(3)19-11-10-18-8-6-7-9-20(18)14-19/h6-15,17H,4-5,16H2,1-3H3,(H,27,29). The van der Waals surface area contributed by atoms with Crippen LogP contribution in [0.25, 0.3) is 10.8 Å². The van der Waals surface area contributed by atoms with Crippen LogP contribution in [0.2, 0.25) is 0 Å². The van der Waals surface area contributed by atoms with E-state index in [0.29, 0.717) is 0 Å². The van der Waals surface area contributed by atoms with Gasteiger partial charge in [0.2, 0.25) is 10.0 Å². The predicted octanol–water partition coefficient (Wildman–Crippen LogP) is 4.04. The van der Waals surface area contributed by atoms with Crippen molar-refractivity contribution in [3.05, 3.63) is 77.6 Å². The van der Waals surface area contributed by atoms with Crippen LogP contribution in [0.15, 0.2) is 65.6 Å². The summed E-state index contributed by atoms with van der Waals surface area (Å²) in [5.41, 5.74) is 0.322. The molecule has 34 heavy (non-hydrogen) atoms. The van der Waals surface area contributed by atoms with E-state index in [-0.39, 0.29) is 24.0 Å². The van der Waals surface area contributed by atoms with Crippen molar-refractivity contribution in [2.24, 2.45) is 0 Å². The minimum Gasteiger partial charge on any atom is -0.452 e. The van der Waals surface area contributed by atoms with Gasteiger partial charge in [-0.1, -0.05) is 50.2 Å². The highest BCUT2D eigenvalue weighted by atomic mass is 32.2. The fourth-order valence-corrected chi connectivity index (χ4v) is 5.07. The molecule has 0 saturated heterocycles. The van der Waals surface area contributed by atoms with Gasteiger partial charge in [-0.25, -0.2) is 17.6 Å². The van der Waals surface area contributed by atoms with Gasteiger partial charge in [0.25, 0.3) is 5.91 Å². The summed E-state index contributed by atoms with van der Waals surface area (Å²) in [5, 5.41) is 4.84. The smallest absolute Gasteiger partial charge is 0.341 e. The number of sulfonamides is 1. The normalized spacial score (nSPS) is 12.5. The van der Waals surface area contributed by atoms with Gasteiger partial charge < -0.3 is 10.1 Å². The summed E-state index contributed by atoms with van der Waals surface area (Å²) in [6, 6.07) is 16.2. The molecule has 0 radical (unpaired) electrons. The first-order valence-corrected chi connectivity index (χ1v) is 12.4. The quantitative estimate of drug-likeness (QED) is 0.461. The number of benzene rings is 3. The SMILES string of the molecule is CCN(CC)S(=O)(=O)c1ccc(F)c(C(=O)OCC(=O)NC(C)c2ccc3ccccc3c2)c1. The van der Waals surface area contributed by atoms with Crippen LogP contribution in [-0.2, 0) is 19.6 Å². The van der Waals surface area contributed by atoms with Gasteiger partial charge in [0.15, 0.2) is 6.61 Å². The molecule has 0 bridgehead atoms. The molecule has 7 nitrogen and oxygen atoms in total. The third-order valence-electron chi connectivity index (χ3n) is 5.49. The van der Waals surface area contributed by atoms with Gasteiger partial charge >= 0.3 is 5.97 Å². The number of fused-ring (bicyclic) bond motifs is 1. The Balaban J connectivity index is 1.66. The maximum Gasteiger partial charge on any atom is 0.341 e. The molecule has 3 aromatic rings.